The van der Waals surface area contributed by atoms with Crippen molar-refractivity contribution in [1.82, 2.24) is 0 Å². The molecular weight excluding hydrogens is 308 g/mol. The molecule has 134 valence electrons. The summed E-state index contributed by atoms with van der Waals surface area (Å²) in [4.78, 5) is 35.1. The predicted molar refractivity (Wildman–Crippen MR) is 89.1 cm³/mol. The molecule has 0 heterocycles. The maximum Gasteiger partial charge on any atom is 0.302 e. The van der Waals surface area contributed by atoms with Gasteiger partial charge in [-0.15, -0.1) is 0 Å². The second-order valence-corrected chi connectivity index (χ2v) is 7.58. The summed E-state index contributed by atoms with van der Waals surface area (Å²) in [5, 5.41) is 0. The van der Waals surface area contributed by atoms with E-state index in [1.165, 1.54) is 13.8 Å². The van der Waals surface area contributed by atoms with Crippen LogP contribution in [0, 0.1) is 23.2 Å². The molecule has 0 aliphatic heterocycles. The fourth-order valence-corrected chi connectivity index (χ4v) is 4.47. The highest BCUT2D eigenvalue weighted by atomic mass is 16.5. The molecule has 2 aliphatic carbocycles. The van der Waals surface area contributed by atoms with E-state index in [9.17, 15) is 14.4 Å². The molecule has 0 aromatic carbocycles. The number of ketones is 1. The summed E-state index contributed by atoms with van der Waals surface area (Å²) in [5.41, 5.74) is 0.567. The van der Waals surface area contributed by atoms with Gasteiger partial charge in [0.2, 0.25) is 0 Å². The standard InChI is InChI=1S/C19H28O5/c1-11(10-23-13(3)20)15-8-17(22)16-6-7-18(24-14(4)21)12(2)19(16,5)9-15/h12,15-16,18H,1,6-10H2,2-5H3/t12-,15+,16+,18+,19+/m0/s1. The molecular formula is C19H28O5. The molecule has 0 unspecified atom stereocenters. The highest BCUT2D eigenvalue weighted by molar-refractivity contribution is 5.83. The smallest absolute Gasteiger partial charge is 0.302 e. The molecule has 0 aromatic rings. The van der Waals surface area contributed by atoms with E-state index in [-0.39, 0.29) is 53.6 Å². The van der Waals surface area contributed by atoms with Crippen LogP contribution in [0.2, 0.25) is 0 Å². The van der Waals surface area contributed by atoms with Gasteiger partial charge in [-0.2, -0.15) is 0 Å². The van der Waals surface area contributed by atoms with E-state index < -0.39 is 0 Å². The lowest BCUT2D eigenvalue weighted by Gasteiger charge is -2.53. The quantitative estimate of drug-likeness (QED) is 0.583. The molecule has 0 bridgehead atoms. The molecule has 0 spiro atoms. The Morgan fingerprint density at radius 1 is 1.25 bits per heavy atom. The lowest BCUT2D eigenvalue weighted by Crippen LogP contribution is -2.52. The molecule has 0 aromatic heterocycles. The van der Waals surface area contributed by atoms with Crippen LogP contribution in [-0.4, -0.2) is 30.4 Å². The number of fused-ring (bicyclic) bond motifs is 1. The zero-order valence-corrected chi connectivity index (χ0v) is 15.1. The van der Waals surface area contributed by atoms with Crippen molar-refractivity contribution in [2.75, 3.05) is 6.61 Å². The van der Waals surface area contributed by atoms with Crippen LogP contribution in [0.3, 0.4) is 0 Å². The maximum absolute atomic E-state index is 12.7. The summed E-state index contributed by atoms with van der Waals surface area (Å²) in [7, 11) is 0. The molecule has 2 saturated carbocycles. The molecule has 5 nitrogen and oxygen atoms in total. The lowest BCUT2D eigenvalue weighted by molar-refractivity contribution is -0.163. The summed E-state index contributed by atoms with van der Waals surface area (Å²) < 4.78 is 10.5. The third kappa shape index (κ3) is 3.70. The molecule has 2 fully saturated rings. The van der Waals surface area contributed by atoms with E-state index >= 15 is 0 Å². The van der Waals surface area contributed by atoms with Crippen molar-refractivity contribution in [3.05, 3.63) is 12.2 Å². The van der Waals surface area contributed by atoms with Crippen molar-refractivity contribution < 1.29 is 23.9 Å². The summed E-state index contributed by atoms with van der Waals surface area (Å²) in [6.07, 6.45) is 2.64. The Hall–Kier alpha value is -1.65. The Balaban J connectivity index is 2.15. The van der Waals surface area contributed by atoms with Crippen molar-refractivity contribution in [3.8, 4) is 0 Å². The third-order valence-electron chi connectivity index (χ3n) is 6.01. The van der Waals surface area contributed by atoms with Gasteiger partial charge in [0.05, 0.1) is 0 Å². The Bertz CT molecular complexity index is 552. The molecule has 5 heteroatoms. The minimum absolute atomic E-state index is 0.0108. The SMILES string of the molecule is C=C(COC(C)=O)[C@@H]1CC(=O)[C@H]2CC[C@@H](OC(C)=O)[C@H](C)[C@@]2(C)C1. The number of rotatable bonds is 4. The second-order valence-electron chi connectivity index (χ2n) is 7.58. The first-order valence-electron chi connectivity index (χ1n) is 8.66. The van der Waals surface area contributed by atoms with E-state index in [2.05, 4.69) is 20.4 Å². The zero-order valence-electron chi connectivity index (χ0n) is 15.1. The maximum atomic E-state index is 12.7. The number of carbonyl (C=O) groups is 3. The number of hydrogen-bond acceptors (Lipinski definition) is 5. The normalized spacial score (nSPS) is 35.8. The minimum Gasteiger partial charge on any atom is -0.462 e. The fraction of sp³-hybridized carbons (Fsp3) is 0.737. The average molecular weight is 336 g/mol. The molecule has 0 saturated heterocycles. The second kappa shape index (κ2) is 7.08. The molecule has 5 atom stereocenters. The molecule has 2 rings (SSSR count). The Kier molecular flexibility index (Phi) is 5.51. The topological polar surface area (TPSA) is 69.7 Å². The van der Waals surface area contributed by atoms with E-state index in [1.54, 1.807) is 0 Å². The predicted octanol–water partition coefficient (Wildman–Crippen LogP) is 3.07. The average Bonchev–Trinajstić information content (AvgIpc) is 2.48. The van der Waals surface area contributed by atoms with Gasteiger partial charge in [-0.05, 0) is 42.1 Å². The van der Waals surface area contributed by atoms with Gasteiger partial charge in [-0.3, -0.25) is 14.4 Å². The summed E-state index contributed by atoms with van der Waals surface area (Å²) in [5.74, 6) is -0.233. The van der Waals surface area contributed by atoms with Gasteiger partial charge in [0.25, 0.3) is 0 Å². The van der Waals surface area contributed by atoms with E-state index in [0.29, 0.717) is 6.42 Å². The van der Waals surface area contributed by atoms with Gasteiger partial charge < -0.3 is 9.47 Å². The number of hydrogen-bond donors (Lipinski definition) is 0. The molecule has 0 amide bonds. The monoisotopic (exact) mass is 336 g/mol. The number of esters is 2. The van der Waals surface area contributed by atoms with Crippen LogP contribution in [0.4, 0.5) is 0 Å². The first-order valence-corrected chi connectivity index (χ1v) is 8.66. The molecule has 0 radical (unpaired) electrons. The largest absolute Gasteiger partial charge is 0.462 e. The van der Waals surface area contributed by atoms with Crippen LogP contribution < -0.4 is 0 Å². The number of carbonyl (C=O) groups excluding carboxylic acids is 3. The first kappa shape index (κ1) is 18.7. The molecule has 2 aliphatic rings. The van der Waals surface area contributed by atoms with Crippen molar-refractivity contribution in [2.24, 2.45) is 23.2 Å². The van der Waals surface area contributed by atoms with E-state index in [0.717, 1.165) is 24.8 Å². The van der Waals surface area contributed by atoms with E-state index in [4.69, 9.17) is 9.47 Å². The minimum atomic E-state index is -0.344. The number of ether oxygens (including phenoxy) is 2. The zero-order chi connectivity index (χ0) is 18.1. The van der Waals surface area contributed by atoms with Crippen molar-refractivity contribution >= 4 is 17.7 Å². The van der Waals surface area contributed by atoms with Crippen molar-refractivity contribution in [1.29, 1.82) is 0 Å². The van der Waals surface area contributed by atoms with Gasteiger partial charge >= 0.3 is 11.9 Å². The fourth-order valence-electron chi connectivity index (χ4n) is 4.47. The van der Waals surface area contributed by atoms with Crippen LogP contribution in [0.5, 0.6) is 0 Å². The Morgan fingerprint density at radius 2 is 1.92 bits per heavy atom. The lowest BCUT2D eigenvalue weighted by atomic mass is 9.52. The third-order valence-corrected chi connectivity index (χ3v) is 6.01. The van der Waals surface area contributed by atoms with Gasteiger partial charge in [0.15, 0.2) is 0 Å². The molecule has 0 N–H and O–H groups in total. The van der Waals surface area contributed by atoms with Crippen LogP contribution in [0.25, 0.3) is 0 Å². The van der Waals surface area contributed by atoms with Crippen LogP contribution in [-0.2, 0) is 23.9 Å². The van der Waals surface area contributed by atoms with Crippen LogP contribution >= 0.6 is 0 Å². The van der Waals surface area contributed by atoms with Gasteiger partial charge in [-0.1, -0.05) is 20.4 Å². The Labute approximate surface area is 143 Å². The summed E-state index contributed by atoms with van der Waals surface area (Å²) in [6, 6.07) is 0. The van der Waals surface area contributed by atoms with Gasteiger partial charge in [0.1, 0.15) is 18.5 Å². The summed E-state index contributed by atoms with van der Waals surface area (Å²) in [6.45, 7) is 11.2. The van der Waals surface area contributed by atoms with Crippen LogP contribution in [0.1, 0.15) is 53.4 Å². The molecule has 24 heavy (non-hydrogen) atoms. The highest BCUT2D eigenvalue weighted by Gasteiger charge is 2.53. The first-order chi connectivity index (χ1) is 11.1. The highest BCUT2D eigenvalue weighted by Crippen LogP contribution is 2.55. The number of Topliss-reactive ketones (excluding diaryl/α,β-unsaturated/α-hetero) is 1. The van der Waals surface area contributed by atoms with E-state index in [1.807, 2.05) is 0 Å². The van der Waals surface area contributed by atoms with Crippen LogP contribution in [0.15, 0.2) is 12.2 Å². The van der Waals surface area contributed by atoms with Crippen molar-refractivity contribution in [3.63, 3.8) is 0 Å². The van der Waals surface area contributed by atoms with Gasteiger partial charge in [-0.25, -0.2) is 0 Å². The van der Waals surface area contributed by atoms with Gasteiger partial charge in [0, 0.05) is 26.2 Å². The summed E-state index contributed by atoms with van der Waals surface area (Å²) >= 11 is 0. The van der Waals surface area contributed by atoms with Crippen molar-refractivity contribution in [2.45, 2.75) is 59.5 Å². The Morgan fingerprint density at radius 3 is 2.50 bits per heavy atom.